The lowest BCUT2D eigenvalue weighted by atomic mass is 10.1. The average molecular weight is 615 g/mol. The van der Waals surface area contributed by atoms with Crippen LogP contribution < -0.4 is 0 Å². The molecule has 256 valence electrons. The van der Waals surface area contributed by atoms with Gasteiger partial charge in [-0.05, 0) is 25.7 Å². The molecule has 0 aliphatic rings. The molecule has 2 atom stereocenters. The summed E-state index contributed by atoms with van der Waals surface area (Å²) in [6.45, 7) is 9.84. The highest BCUT2D eigenvalue weighted by Gasteiger charge is 2.31. The summed E-state index contributed by atoms with van der Waals surface area (Å²) in [6, 6.07) is 0. The fourth-order valence-electron chi connectivity index (χ4n) is 5.11. The van der Waals surface area contributed by atoms with E-state index in [-0.39, 0.29) is 0 Å². The highest BCUT2D eigenvalue weighted by molar-refractivity contribution is 5.08. The second kappa shape index (κ2) is 30.6. The lowest BCUT2D eigenvalue weighted by molar-refractivity contribution is -0.240. The highest BCUT2D eigenvalue weighted by atomic mass is 16.8. The first-order valence-electron chi connectivity index (χ1n) is 17.6. The van der Waals surface area contributed by atoms with Gasteiger partial charge >= 0.3 is 0 Å². The van der Waals surface area contributed by atoms with Crippen molar-refractivity contribution in [2.75, 3.05) is 41.7 Å². The van der Waals surface area contributed by atoms with Crippen LogP contribution in [0.2, 0.25) is 0 Å². The summed E-state index contributed by atoms with van der Waals surface area (Å²) in [7, 11) is 6.61. The number of methoxy groups -OCH3 is 4. The molecule has 0 aliphatic carbocycles. The average Bonchev–Trinajstić information content (AvgIpc) is 3.02. The van der Waals surface area contributed by atoms with E-state index in [1.165, 1.54) is 77.0 Å². The zero-order chi connectivity index (χ0) is 32.0. The minimum atomic E-state index is -0.801. The van der Waals surface area contributed by atoms with Crippen molar-refractivity contribution < 1.29 is 33.2 Å². The summed E-state index contributed by atoms with van der Waals surface area (Å²) in [5.41, 5.74) is 0. The quantitative estimate of drug-likeness (QED) is 0.0424. The van der Waals surface area contributed by atoms with Crippen LogP contribution in [-0.4, -0.2) is 54.2 Å². The van der Waals surface area contributed by atoms with E-state index in [1.54, 1.807) is 28.4 Å². The SMILES string of the molecule is CCCCCCCCCCOC(OC(OCCCCCCCCCC)C(OC)=C(CCC)OC)C(OC)=C(CCC)OC. The van der Waals surface area contributed by atoms with Crippen LogP contribution >= 0.6 is 0 Å². The van der Waals surface area contributed by atoms with Crippen molar-refractivity contribution in [3.8, 4) is 0 Å². The van der Waals surface area contributed by atoms with Crippen molar-refractivity contribution in [1.82, 2.24) is 0 Å². The Hall–Kier alpha value is -1.44. The van der Waals surface area contributed by atoms with E-state index in [2.05, 4.69) is 27.7 Å². The molecule has 0 amide bonds. The molecule has 0 bridgehead atoms. The minimum absolute atomic E-state index is 0.537. The molecular formula is C36H70O7. The predicted molar refractivity (Wildman–Crippen MR) is 178 cm³/mol. The number of unbranched alkanes of at least 4 members (excludes halogenated alkanes) is 14. The molecule has 0 saturated carbocycles. The summed E-state index contributed by atoms with van der Waals surface area (Å²) in [5.74, 6) is 2.51. The Kier molecular flexibility index (Phi) is 29.6. The summed E-state index contributed by atoms with van der Waals surface area (Å²) < 4.78 is 42.5. The Balaban J connectivity index is 5.66. The molecule has 0 saturated heterocycles. The zero-order valence-corrected chi connectivity index (χ0v) is 29.6. The van der Waals surface area contributed by atoms with Crippen LogP contribution in [-0.2, 0) is 33.2 Å². The first kappa shape index (κ1) is 41.6. The summed E-state index contributed by atoms with van der Waals surface area (Å²) in [4.78, 5) is 0. The van der Waals surface area contributed by atoms with Gasteiger partial charge in [0.15, 0.2) is 11.5 Å². The van der Waals surface area contributed by atoms with E-state index in [4.69, 9.17) is 33.2 Å². The van der Waals surface area contributed by atoms with Crippen molar-refractivity contribution in [3.05, 3.63) is 23.0 Å². The molecule has 7 nitrogen and oxygen atoms in total. The molecule has 0 rings (SSSR count). The third kappa shape index (κ3) is 20.3. The maximum absolute atomic E-state index is 6.59. The van der Waals surface area contributed by atoms with E-state index < -0.39 is 12.6 Å². The van der Waals surface area contributed by atoms with Crippen molar-refractivity contribution in [3.63, 3.8) is 0 Å². The van der Waals surface area contributed by atoms with Gasteiger partial charge < -0.3 is 33.2 Å². The molecule has 0 aromatic rings. The van der Waals surface area contributed by atoms with Crippen molar-refractivity contribution in [2.24, 2.45) is 0 Å². The largest absolute Gasteiger partial charge is 0.497 e. The minimum Gasteiger partial charge on any atom is -0.497 e. The predicted octanol–water partition coefficient (Wildman–Crippen LogP) is 10.6. The molecule has 0 spiro atoms. The van der Waals surface area contributed by atoms with E-state index in [1.807, 2.05) is 0 Å². The molecule has 0 radical (unpaired) electrons. The molecule has 0 N–H and O–H groups in total. The Labute approximate surface area is 266 Å². The number of ether oxygens (including phenoxy) is 7. The normalized spacial score (nSPS) is 14.1. The first-order chi connectivity index (χ1) is 21.1. The number of hydrogen-bond donors (Lipinski definition) is 0. The zero-order valence-electron chi connectivity index (χ0n) is 29.6. The van der Waals surface area contributed by atoms with Crippen LogP contribution in [0.3, 0.4) is 0 Å². The van der Waals surface area contributed by atoms with Crippen molar-refractivity contribution >= 4 is 0 Å². The van der Waals surface area contributed by atoms with E-state index >= 15 is 0 Å². The second-order valence-electron chi connectivity index (χ2n) is 11.4. The van der Waals surface area contributed by atoms with E-state index in [9.17, 15) is 0 Å². The molecule has 0 fully saturated rings. The molecule has 7 heteroatoms. The topological polar surface area (TPSA) is 64.6 Å². The lowest BCUT2D eigenvalue weighted by Crippen LogP contribution is -2.33. The number of hydrogen-bond acceptors (Lipinski definition) is 7. The molecule has 2 unspecified atom stereocenters. The number of rotatable bonds is 32. The molecule has 0 aromatic carbocycles. The van der Waals surface area contributed by atoms with Gasteiger partial charge in [-0.25, -0.2) is 0 Å². The molecular weight excluding hydrogens is 544 g/mol. The van der Waals surface area contributed by atoms with Gasteiger partial charge in [0.25, 0.3) is 0 Å². The Morgan fingerprint density at radius 1 is 0.395 bits per heavy atom. The summed E-state index contributed by atoms with van der Waals surface area (Å²) in [5, 5.41) is 0. The molecule has 43 heavy (non-hydrogen) atoms. The standard InChI is InChI=1S/C36H70O7/c1-9-13-15-17-19-21-23-25-29-41-35(33(39-7)31(37-5)27-11-3)43-36(34(40-8)32(38-6)28-12-4)42-30-26-24-22-20-18-16-14-10-2/h35-36H,9-30H2,1-8H3. The van der Waals surface area contributed by atoms with E-state index in [0.717, 1.165) is 62.9 Å². The van der Waals surface area contributed by atoms with Crippen LogP contribution in [0.1, 0.15) is 156 Å². The van der Waals surface area contributed by atoms with Crippen molar-refractivity contribution in [1.29, 1.82) is 0 Å². The van der Waals surface area contributed by atoms with E-state index in [0.29, 0.717) is 24.7 Å². The fraction of sp³-hybridized carbons (Fsp3) is 0.889. The van der Waals surface area contributed by atoms with Gasteiger partial charge in [-0.1, -0.05) is 118 Å². The Bertz CT molecular complexity index is 621. The Morgan fingerprint density at radius 3 is 1.00 bits per heavy atom. The smallest absolute Gasteiger partial charge is 0.223 e. The van der Waals surface area contributed by atoms with Gasteiger partial charge in [0, 0.05) is 12.8 Å². The third-order valence-corrected chi connectivity index (χ3v) is 7.65. The first-order valence-corrected chi connectivity index (χ1v) is 17.6. The molecule has 0 heterocycles. The summed E-state index contributed by atoms with van der Waals surface area (Å²) in [6.07, 6.45) is 21.3. The Morgan fingerprint density at radius 2 is 0.721 bits per heavy atom. The maximum atomic E-state index is 6.59. The van der Waals surface area contributed by atoms with Crippen molar-refractivity contribution in [2.45, 2.75) is 169 Å². The summed E-state index contributed by atoms with van der Waals surface area (Å²) >= 11 is 0. The van der Waals surface area contributed by atoms with Gasteiger partial charge in [-0.3, -0.25) is 0 Å². The van der Waals surface area contributed by atoms with Gasteiger partial charge in [-0.2, -0.15) is 0 Å². The van der Waals surface area contributed by atoms with Crippen LogP contribution in [0, 0.1) is 0 Å². The second-order valence-corrected chi connectivity index (χ2v) is 11.4. The highest BCUT2D eigenvalue weighted by Crippen LogP contribution is 2.26. The number of allylic oxidation sites excluding steroid dienone is 2. The fourth-order valence-corrected chi connectivity index (χ4v) is 5.11. The van der Waals surface area contributed by atoms with Crippen LogP contribution in [0.25, 0.3) is 0 Å². The lowest BCUT2D eigenvalue weighted by Gasteiger charge is -2.29. The van der Waals surface area contributed by atoms with Crippen LogP contribution in [0.15, 0.2) is 23.0 Å². The van der Waals surface area contributed by atoms with Crippen LogP contribution in [0.5, 0.6) is 0 Å². The maximum Gasteiger partial charge on any atom is 0.223 e. The van der Waals surface area contributed by atoms with Crippen LogP contribution in [0.4, 0.5) is 0 Å². The monoisotopic (exact) mass is 615 g/mol. The van der Waals surface area contributed by atoms with Gasteiger partial charge in [0.1, 0.15) is 11.5 Å². The molecule has 0 aromatic heterocycles. The third-order valence-electron chi connectivity index (χ3n) is 7.65. The van der Waals surface area contributed by atoms with Gasteiger partial charge in [-0.15, -0.1) is 0 Å². The van der Waals surface area contributed by atoms with Gasteiger partial charge in [0.2, 0.25) is 12.6 Å². The van der Waals surface area contributed by atoms with Gasteiger partial charge in [0.05, 0.1) is 41.7 Å². The molecule has 0 aliphatic heterocycles.